The molecule has 2 fully saturated rings. The third kappa shape index (κ3) is 3.12. The number of terminal acetylenes is 1. The molecule has 0 radical (unpaired) electrons. The highest BCUT2D eigenvalue weighted by Gasteiger charge is 2.65. The Kier molecular flexibility index (Phi) is 5.27. The summed E-state index contributed by atoms with van der Waals surface area (Å²) in [5.41, 5.74) is 2.82. The SMILES string of the molecule is C#CC1(O[Si](C)(C)C(C)(C)C)CCC2C3C(C)CC4=C(CCC(=O)C4)C3CCC21C. The van der Waals surface area contributed by atoms with Gasteiger partial charge in [0.1, 0.15) is 11.4 Å². The van der Waals surface area contributed by atoms with Gasteiger partial charge in [-0.05, 0) is 80.3 Å². The maximum absolute atomic E-state index is 12.1. The van der Waals surface area contributed by atoms with Crippen LogP contribution in [0.5, 0.6) is 0 Å². The Bertz CT molecular complexity index is 810. The molecule has 0 aromatic heterocycles. The van der Waals surface area contributed by atoms with E-state index in [0.29, 0.717) is 29.5 Å². The monoisotopic (exact) mass is 426 g/mol. The first-order chi connectivity index (χ1) is 13.9. The van der Waals surface area contributed by atoms with E-state index in [9.17, 15) is 4.79 Å². The van der Waals surface area contributed by atoms with E-state index in [1.165, 1.54) is 18.4 Å². The van der Waals surface area contributed by atoms with E-state index in [4.69, 9.17) is 10.8 Å². The van der Waals surface area contributed by atoms with Crippen molar-refractivity contribution in [1.29, 1.82) is 0 Å². The number of hydrogen-bond acceptors (Lipinski definition) is 2. The van der Waals surface area contributed by atoms with Crippen LogP contribution in [0, 0.1) is 41.4 Å². The molecule has 0 spiro atoms. The lowest BCUT2D eigenvalue weighted by Crippen LogP contribution is -2.58. The summed E-state index contributed by atoms with van der Waals surface area (Å²) in [7, 11) is -1.97. The average Bonchev–Trinajstić information content (AvgIpc) is 2.92. The van der Waals surface area contributed by atoms with Crippen molar-refractivity contribution in [2.45, 2.75) is 110 Å². The second-order valence-corrected chi connectivity index (χ2v) is 17.4. The topological polar surface area (TPSA) is 26.3 Å². The molecule has 166 valence electrons. The number of rotatable bonds is 2. The van der Waals surface area contributed by atoms with Crippen LogP contribution in [0.3, 0.4) is 0 Å². The molecule has 0 heterocycles. The lowest BCUT2D eigenvalue weighted by molar-refractivity contribution is -0.119. The molecule has 0 aliphatic heterocycles. The minimum Gasteiger partial charge on any atom is -0.400 e. The minimum absolute atomic E-state index is 0.0647. The van der Waals surface area contributed by atoms with E-state index < -0.39 is 13.9 Å². The van der Waals surface area contributed by atoms with Crippen molar-refractivity contribution in [3.63, 3.8) is 0 Å². The van der Waals surface area contributed by atoms with Crippen LogP contribution < -0.4 is 0 Å². The number of Topliss-reactive ketones (excluding diaryl/α,β-unsaturated/α-hetero) is 1. The first kappa shape index (κ1) is 22.3. The highest BCUT2D eigenvalue weighted by molar-refractivity contribution is 6.74. The minimum atomic E-state index is -1.97. The van der Waals surface area contributed by atoms with Gasteiger partial charge in [-0.15, -0.1) is 6.42 Å². The van der Waals surface area contributed by atoms with Crippen LogP contribution in [0.2, 0.25) is 18.1 Å². The Morgan fingerprint density at radius 1 is 1.17 bits per heavy atom. The molecule has 0 aromatic carbocycles. The maximum Gasteiger partial charge on any atom is 0.194 e. The van der Waals surface area contributed by atoms with E-state index >= 15 is 0 Å². The summed E-state index contributed by atoms with van der Waals surface area (Å²) in [6.07, 6.45) is 14.6. The Morgan fingerprint density at radius 2 is 1.87 bits per heavy atom. The second kappa shape index (κ2) is 7.07. The predicted octanol–water partition coefficient (Wildman–Crippen LogP) is 6.91. The molecule has 2 nitrogen and oxygen atoms in total. The van der Waals surface area contributed by atoms with Crippen molar-refractivity contribution in [2.75, 3.05) is 0 Å². The number of carbonyl (C=O) groups is 1. The van der Waals surface area contributed by atoms with Gasteiger partial charge in [-0.1, -0.05) is 51.7 Å². The largest absolute Gasteiger partial charge is 0.400 e. The van der Waals surface area contributed by atoms with Gasteiger partial charge in [0.05, 0.1) is 0 Å². The molecule has 2 saturated carbocycles. The van der Waals surface area contributed by atoms with E-state index in [1.807, 2.05) is 0 Å². The molecule has 30 heavy (non-hydrogen) atoms. The van der Waals surface area contributed by atoms with Crippen LogP contribution >= 0.6 is 0 Å². The molecular weight excluding hydrogens is 384 g/mol. The molecule has 6 unspecified atom stereocenters. The van der Waals surface area contributed by atoms with Gasteiger partial charge in [-0.25, -0.2) is 0 Å². The molecule has 0 amide bonds. The van der Waals surface area contributed by atoms with Crippen molar-refractivity contribution in [1.82, 2.24) is 0 Å². The smallest absolute Gasteiger partial charge is 0.194 e. The molecule has 0 bridgehead atoms. The fourth-order valence-corrected chi connectivity index (χ4v) is 9.06. The zero-order chi connectivity index (χ0) is 22.1. The number of ketones is 1. The fourth-order valence-electron chi connectivity index (χ4n) is 7.48. The van der Waals surface area contributed by atoms with Crippen molar-refractivity contribution < 1.29 is 9.22 Å². The quantitative estimate of drug-likeness (QED) is 0.272. The van der Waals surface area contributed by atoms with Crippen molar-refractivity contribution >= 4 is 14.1 Å². The van der Waals surface area contributed by atoms with Crippen LogP contribution in [0.4, 0.5) is 0 Å². The van der Waals surface area contributed by atoms with E-state index in [1.54, 1.807) is 5.57 Å². The lowest BCUT2D eigenvalue weighted by atomic mass is 9.50. The Morgan fingerprint density at radius 3 is 2.50 bits per heavy atom. The summed E-state index contributed by atoms with van der Waals surface area (Å²) in [5.74, 6) is 6.39. The molecule has 0 N–H and O–H groups in total. The van der Waals surface area contributed by atoms with Crippen LogP contribution in [-0.4, -0.2) is 19.7 Å². The lowest BCUT2D eigenvalue weighted by Gasteiger charge is -2.57. The average molecular weight is 427 g/mol. The Balaban J connectivity index is 1.68. The third-order valence-corrected chi connectivity index (χ3v) is 14.6. The van der Waals surface area contributed by atoms with Crippen LogP contribution in [-0.2, 0) is 9.22 Å². The van der Waals surface area contributed by atoms with Crippen molar-refractivity contribution in [3.05, 3.63) is 11.1 Å². The normalized spacial score (nSPS) is 41.7. The summed E-state index contributed by atoms with van der Waals surface area (Å²) in [4.78, 5) is 12.1. The van der Waals surface area contributed by atoms with Gasteiger partial charge in [0, 0.05) is 18.3 Å². The Labute approximate surface area is 185 Å². The Hall–Kier alpha value is -0.853. The predicted molar refractivity (Wildman–Crippen MR) is 127 cm³/mol. The molecule has 3 heteroatoms. The van der Waals surface area contributed by atoms with Gasteiger partial charge in [0.2, 0.25) is 0 Å². The van der Waals surface area contributed by atoms with Gasteiger partial charge in [-0.2, -0.15) is 0 Å². The highest BCUT2D eigenvalue weighted by Crippen LogP contribution is 2.67. The van der Waals surface area contributed by atoms with Crippen LogP contribution in [0.25, 0.3) is 0 Å². The molecule has 4 aliphatic rings. The molecule has 4 aliphatic carbocycles. The standard InChI is InChI=1S/C27H42O2Si/c1-9-27(29-30(7,8)25(3,4)5)15-13-23-24-18(2)16-19-17-20(28)10-11-21(19)22(24)12-14-26(23,27)6/h1,18,22-24H,10-17H2,2-8H3. The summed E-state index contributed by atoms with van der Waals surface area (Å²) < 4.78 is 7.15. The number of allylic oxidation sites excluding steroid dienone is 2. The zero-order valence-corrected chi connectivity index (χ0v) is 21.4. The highest BCUT2D eigenvalue weighted by atomic mass is 28.4. The number of carbonyl (C=O) groups excluding carboxylic acids is 1. The summed E-state index contributed by atoms with van der Waals surface area (Å²) in [6.45, 7) is 16.6. The maximum atomic E-state index is 12.1. The third-order valence-electron chi connectivity index (χ3n) is 10.1. The van der Waals surface area contributed by atoms with Crippen LogP contribution in [0.15, 0.2) is 11.1 Å². The summed E-state index contributed by atoms with van der Waals surface area (Å²) in [5, 5.41) is 0.162. The zero-order valence-electron chi connectivity index (χ0n) is 20.4. The van der Waals surface area contributed by atoms with E-state index in [-0.39, 0.29) is 10.5 Å². The number of fused-ring (bicyclic) bond motifs is 4. The van der Waals surface area contributed by atoms with Gasteiger partial charge in [0.15, 0.2) is 8.32 Å². The van der Waals surface area contributed by atoms with E-state index in [0.717, 1.165) is 38.5 Å². The van der Waals surface area contributed by atoms with Crippen molar-refractivity contribution in [3.8, 4) is 12.3 Å². The first-order valence-corrected chi connectivity index (χ1v) is 15.2. The number of hydrogen-bond donors (Lipinski definition) is 0. The summed E-state index contributed by atoms with van der Waals surface area (Å²) >= 11 is 0. The van der Waals surface area contributed by atoms with Crippen LogP contribution in [0.1, 0.15) is 86.0 Å². The van der Waals surface area contributed by atoms with Gasteiger partial charge < -0.3 is 4.43 Å². The summed E-state index contributed by atoms with van der Waals surface area (Å²) in [6, 6.07) is 0. The fraction of sp³-hybridized carbons (Fsp3) is 0.815. The van der Waals surface area contributed by atoms with E-state index in [2.05, 4.69) is 53.6 Å². The first-order valence-electron chi connectivity index (χ1n) is 12.3. The molecule has 6 atom stereocenters. The van der Waals surface area contributed by atoms with Gasteiger partial charge in [-0.3, -0.25) is 4.79 Å². The van der Waals surface area contributed by atoms with Crippen molar-refractivity contribution in [2.24, 2.45) is 29.1 Å². The second-order valence-electron chi connectivity index (χ2n) is 12.6. The molecule has 0 aromatic rings. The molecular formula is C27H42O2Si. The molecule has 0 saturated heterocycles. The van der Waals surface area contributed by atoms with Gasteiger partial charge >= 0.3 is 0 Å². The van der Waals surface area contributed by atoms with Gasteiger partial charge in [0.25, 0.3) is 0 Å². The molecule has 4 rings (SSSR count).